The van der Waals surface area contributed by atoms with E-state index in [9.17, 15) is 13.2 Å². The Hall–Kier alpha value is -2.85. The van der Waals surface area contributed by atoms with Crippen LogP contribution in [0.5, 0.6) is 11.5 Å². The highest BCUT2D eigenvalue weighted by molar-refractivity contribution is 7.91. The molecule has 25 heavy (non-hydrogen) atoms. The topological polar surface area (TPSA) is 96.3 Å². The first-order valence-corrected chi connectivity index (χ1v) is 9.57. The van der Waals surface area contributed by atoms with Crippen LogP contribution in [0.2, 0.25) is 0 Å². The molecule has 2 aromatic carbocycles. The Bertz CT molecular complexity index is 913. The van der Waals surface area contributed by atoms with E-state index in [-0.39, 0.29) is 17.4 Å². The number of hydrogen-bond acceptors (Lipinski definition) is 5. The number of rotatable bonds is 4. The van der Waals surface area contributed by atoms with Gasteiger partial charge in [-0.15, -0.1) is 0 Å². The van der Waals surface area contributed by atoms with Crippen molar-refractivity contribution in [2.75, 3.05) is 16.8 Å². The number of nitriles is 1. The minimum absolute atomic E-state index is 0.0719. The van der Waals surface area contributed by atoms with Crippen molar-refractivity contribution in [3.8, 4) is 17.6 Å². The van der Waals surface area contributed by atoms with E-state index in [4.69, 9.17) is 10.00 Å². The third-order valence-corrected chi connectivity index (χ3v) is 5.71. The molecular weight excluding hydrogens is 340 g/mol. The number of nitrogens with one attached hydrogen (secondary N) is 1. The molecule has 1 atom stereocenters. The lowest BCUT2D eigenvalue weighted by atomic mass is 10.1. The van der Waals surface area contributed by atoms with Crippen LogP contribution in [0.3, 0.4) is 0 Å². The predicted octanol–water partition coefficient (Wildman–Crippen LogP) is 2.72. The van der Waals surface area contributed by atoms with Crippen molar-refractivity contribution in [3.63, 3.8) is 0 Å². The zero-order valence-electron chi connectivity index (χ0n) is 13.3. The smallest absolute Gasteiger partial charge is 0.228 e. The highest BCUT2D eigenvalue weighted by atomic mass is 32.2. The molecule has 128 valence electrons. The molecule has 1 saturated heterocycles. The molecule has 2 aromatic rings. The van der Waals surface area contributed by atoms with Crippen molar-refractivity contribution in [3.05, 3.63) is 54.1 Å². The quantitative estimate of drug-likeness (QED) is 0.908. The van der Waals surface area contributed by atoms with Gasteiger partial charge in [0.15, 0.2) is 9.84 Å². The van der Waals surface area contributed by atoms with E-state index in [1.54, 1.807) is 48.5 Å². The maximum Gasteiger partial charge on any atom is 0.228 e. The Kier molecular flexibility index (Phi) is 4.72. The van der Waals surface area contributed by atoms with Gasteiger partial charge in [0.25, 0.3) is 0 Å². The summed E-state index contributed by atoms with van der Waals surface area (Å²) in [4.78, 5) is 12.1. The average Bonchev–Trinajstić information content (AvgIpc) is 2.97. The molecule has 1 heterocycles. The second-order valence-electron chi connectivity index (χ2n) is 5.85. The molecule has 6 nitrogen and oxygen atoms in total. The zero-order chi connectivity index (χ0) is 17.9. The minimum atomic E-state index is -3.08. The highest BCUT2D eigenvalue weighted by Gasteiger charge is 2.32. The van der Waals surface area contributed by atoms with E-state index in [0.717, 1.165) is 0 Å². The van der Waals surface area contributed by atoms with Crippen molar-refractivity contribution in [1.29, 1.82) is 5.26 Å². The van der Waals surface area contributed by atoms with Crippen LogP contribution in [0.25, 0.3) is 0 Å². The molecule has 0 spiro atoms. The van der Waals surface area contributed by atoms with Crippen molar-refractivity contribution in [2.24, 2.45) is 5.92 Å². The molecule has 1 fully saturated rings. The Morgan fingerprint density at radius 3 is 2.20 bits per heavy atom. The van der Waals surface area contributed by atoms with Gasteiger partial charge in [-0.05, 0) is 55.0 Å². The predicted molar refractivity (Wildman–Crippen MR) is 93.1 cm³/mol. The lowest BCUT2D eigenvalue weighted by Gasteiger charge is -2.10. The van der Waals surface area contributed by atoms with Crippen molar-refractivity contribution < 1.29 is 17.9 Å². The number of nitrogens with zero attached hydrogens (tertiary/aromatic N) is 1. The molecule has 1 aliphatic heterocycles. The fourth-order valence-electron chi connectivity index (χ4n) is 2.59. The van der Waals surface area contributed by atoms with E-state index in [2.05, 4.69) is 5.32 Å². The standard InChI is InChI=1S/C18H16N2O4S/c19-11-13-1-5-16(6-2-13)24-17-7-3-15(4-8-17)20-18(21)14-9-10-25(22,23)12-14/h1-8,14H,9-10,12H2,(H,20,21). The maximum absolute atomic E-state index is 12.1. The number of hydrogen-bond donors (Lipinski definition) is 1. The summed E-state index contributed by atoms with van der Waals surface area (Å²) in [6, 6.07) is 15.6. The lowest BCUT2D eigenvalue weighted by Crippen LogP contribution is -2.23. The molecule has 0 bridgehead atoms. The second-order valence-corrected chi connectivity index (χ2v) is 8.08. The van der Waals surface area contributed by atoms with Gasteiger partial charge in [-0.1, -0.05) is 0 Å². The molecule has 0 saturated carbocycles. The fourth-order valence-corrected chi connectivity index (χ4v) is 4.33. The first-order valence-electron chi connectivity index (χ1n) is 7.74. The number of sulfone groups is 1. The SMILES string of the molecule is N#Cc1ccc(Oc2ccc(NC(=O)C3CCS(=O)(=O)C3)cc2)cc1. The Balaban J connectivity index is 1.60. The first-order chi connectivity index (χ1) is 11.9. The molecule has 1 amide bonds. The van der Waals surface area contributed by atoms with Crippen molar-refractivity contribution >= 4 is 21.4 Å². The van der Waals surface area contributed by atoms with Crippen LogP contribution in [0.15, 0.2) is 48.5 Å². The van der Waals surface area contributed by atoms with Gasteiger partial charge in [0.05, 0.1) is 29.1 Å². The summed E-state index contributed by atoms with van der Waals surface area (Å²) < 4.78 is 28.5. The second kappa shape index (κ2) is 6.95. The van der Waals surface area contributed by atoms with Crippen LogP contribution in [0, 0.1) is 17.2 Å². The summed E-state index contributed by atoms with van der Waals surface area (Å²) in [5.41, 5.74) is 1.14. The van der Waals surface area contributed by atoms with E-state index < -0.39 is 15.8 Å². The first kappa shape index (κ1) is 17.0. The van der Waals surface area contributed by atoms with Gasteiger partial charge in [0, 0.05) is 5.69 Å². The fraction of sp³-hybridized carbons (Fsp3) is 0.222. The number of ether oxygens (including phenoxy) is 1. The molecule has 3 rings (SSSR count). The van der Waals surface area contributed by atoms with Gasteiger partial charge in [0.2, 0.25) is 5.91 Å². The molecule has 1 unspecified atom stereocenters. The van der Waals surface area contributed by atoms with Gasteiger partial charge in [-0.2, -0.15) is 5.26 Å². The van der Waals surface area contributed by atoms with Crippen molar-refractivity contribution in [1.82, 2.24) is 0 Å². The number of benzene rings is 2. The van der Waals surface area contributed by atoms with Gasteiger partial charge in [0.1, 0.15) is 11.5 Å². The van der Waals surface area contributed by atoms with E-state index >= 15 is 0 Å². The van der Waals surface area contributed by atoms with Crippen LogP contribution in [-0.4, -0.2) is 25.8 Å². The normalized spacial score (nSPS) is 18.3. The molecule has 1 aliphatic rings. The van der Waals surface area contributed by atoms with Crippen LogP contribution >= 0.6 is 0 Å². The molecule has 0 radical (unpaired) electrons. The zero-order valence-corrected chi connectivity index (χ0v) is 14.1. The number of amides is 1. The number of anilines is 1. The van der Waals surface area contributed by atoms with Crippen LogP contribution in [0.1, 0.15) is 12.0 Å². The molecule has 0 aromatic heterocycles. The minimum Gasteiger partial charge on any atom is -0.457 e. The number of carbonyl (C=O) groups is 1. The van der Waals surface area contributed by atoms with E-state index in [1.165, 1.54) is 0 Å². The monoisotopic (exact) mass is 356 g/mol. The summed E-state index contributed by atoms with van der Waals surface area (Å²) in [5, 5.41) is 11.5. The summed E-state index contributed by atoms with van der Waals surface area (Å²) in [6.07, 6.45) is 0.369. The van der Waals surface area contributed by atoms with Gasteiger partial charge < -0.3 is 10.1 Å². The van der Waals surface area contributed by atoms with Gasteiger partial charge in [-0.25, -0.2) is 8.42 Å². The summed E-state index contributed by atoms with van der Waals surface area (Å²) in [5.74, 6) is 0.417. The lowest BCUT2D eigenvalue weighted by molar-refractivity contribution is -0.119. The summed E-state index contributed by atoms with van der Waals surface area (Å²) >= 11 is 0. The highest BCUT2D eigenvalue weighted by Crippen LogP contribution is 2.24. The third-order valence-electron chi connectivity index (χ3n) is 3.94. The third kappa shape index (κ3) is 4.37. The van der Waals surface area contributed by atoms with Crippen molar-refractivity contribution in [2.45, 2.75) is 6.42 Å². The Labute approximate surface area is 146 Å². The molecule has 0 aliphatic carbocycles. The van der Waals surface area contributed by atoms with Gasteiger partial charge >= 0.3 is 0 Å². The largest absolute Gasteiger partial charge is 0.457 e. The summed E-state index contributed by atoms with van der Waals surface area (Å²) in [7, 11) is -3.08. The Morgan fingerprint density at radius 1 is 1.08 bits per heavy atom. The molecule has 1 N–H and O–H groups in total. The summed E-state index contributed by atoms with van der Waals surface area (Å²) in [6.45, 7) is 0. The Morgan fingerprint density at radius 2 is 1.68 bits per heavy atom. The molecule has 7 heteroatoms. The molecular formula is C18H16N2O4S. The van der Waals surface area contributed by atoms with Crippen LogP contribution < -0.4 is 10.1 Å². The average molecular weight is 356 g/mol. The number of carbonyl (C=O) groups excluding carboxylic acids is 1. The van der Waals surface area contributed by atoms with Gasteiger partial charge in [-0.3, -0.25) is 4.79 Å². The maximum atomic E-state index is 12.1. The van der Waals surface area contributed by atoms with Crippen LogP contribution in [0.4, 0.5) is 5.69 Å². The van der Waals surface area contributed by atoms with E-state index in [1.807, 2.05) is 6.07 Å². The van der Waals surface area contributed by atoms with E-state index in [0.29, 0.717) is 29.2 Å². The van der Waals surface area contributed by atoms with Crippen LogP contribution in [-0.2, 0) is 14.6 Å².